The summed E-state index contributed by atoms with van der Waals surface area (Å²) in [5.74, 6) is 1.73. The van der Waals surface area contributed by atoms with Crippen LogP contribution < -0.4 is 16.2 Å². The number of nitrogen functional groups attached to an aromatic ring is 2. The van der Waals surface area contributed by atoms with Crippen molar-refractivity contribution in [2.75, 3.05) is 45.3 Å². The van der Waals surface area contributed by atoms with Crippen LogP contribution in [0.1, 0.15) is 56.2 Å². The van der Waals surface area contributed by atoms with Crippen LogP contribution in [0.15, 0.2) is 18.5 Å². The number of methoxy groups -OCH3 is 1. The number of aromatic nitrogens is 5. The van der Waals surface area contributed by atoms with E-state index >= 15 is 0 Å². The van der Waals surface area contributed by atoms with Crippen molar-refractivity contribution >= 4 is 35.4 Å². The second-order valence-electron chi connectivity index (χ2n) is 8.96. The number of thiol groups is 1. The molecule has 0 aliphatic carbocycles. The average Bonchev–Trinajstić information content (AvgIpc) is 3.23. The maximum absolute atomic E-state index is 8.41. The van der Waals surface area contributed by atoms with Crippen LogP contribution in [0.4, 0.5) is 11.8 Å². The first kappa shape index (κ1) is 27.0. The quantitative estimate of drug-likeness (QED) is 0.342. The van der Waals surface area contributed by atoms with Crippen molar-refractivity contribution in [3.05, 3.63) is 29.7 Å². The molecule has 11 heteroatoms. The zero-order valence-electron chi connectivity index (χ0n) is 20.9. The fourth-order valence-corrected chi connectivity index (χ4v) is 4.64. The van der Waals surface area contributed by atoms with Crippen LogP contribution in [0.25, 0.3) is 11.0 Å². The van der Waals surface area contributed by atoms with Crippen LogP contribution in [0.5, 0.6) is 5.75 Å². The van der Waals surface area contributed by atoms with Gasteiger partial charge in [-0.05, 0) is 45.8 Å². The molecule has 192 valence electrons. The van der Waals surface area contributed by atoms with Crippen LogP contribution in [0, 0.1) is 0 Å². The van der Waals surface area contributed by atoms with Gasteiger partial charge in [-0.15, -0.1) is 0 Å². The second kappa shape index (κ2) is 12.9. The number of piperidine rings is 1. The number of hydrogen-bond donors (Lipinski definition) is 4. The topological polar surface area (TPSA) is 141 Å². The molecule has 0 radical (unpaired) electrons. The van der Waals surface area contributed by atoms with Crippen molar-refractivity contribution in [3.63, 3.8) is 0 Å². The first-order valence-corrected chi connectivity index (χ1v) is 12.6. The average molecular weight is 503 g/mol. The van der Waals surface area contributed by atoms with Crippen molar-refractivity contribution in [1.29, 1.82) is 0 Å². The van der Waals surface area contributed by atoms with Crippen LogP contribution in [-0.4, -0.2) is 73.8 Å². The molecule has 3 aromatic heterocycles. The Morgan fingerprint density at radius 3 is 2.60 bits per heavy atom. The first-order chi connectivity index (χ1) is 16.9. The molecule has 1 fully saturated rings. The fourth-order valence-electron chi connectivity index (χ4n) is 4.27. The van der Waals surface area contributed by atoms with E-state index in [1.165, 1.54) is 0 Å². The lowest BCUT2D eigenvalue weighted by atomic mass is 9.93. The minimum Gasteiger partial charge on any atom is -0.496 e. The Morgan fingerprint density at radius 1 is 1.20 bits per heavy atom. The molecule has 5 N–H and O–H groups in total. The molecule has 10 nitrogen and oxygen atoms in total. The summed E-state index contributed by atoms with van der Waals surface area (Å²) in [5, 5.41) is 13.2. The Labute approximate surface area is 212 Å². The normalized spacial score (nSPS) is 15.6. The highest BCUT2D eigenvalue weighted by molar-refractivity contribution is 7.80. The largest absolute Gasteiger partial charge is 0.496 e. The number of hydrogen-bond acceptors (Lipinski definition) is 10. The Morgan fingerprint density at radius 2 is 1.94 bits per heavy atom. The maximum Gasteiger partial charge on any atom is 0.222 e. The Balaban J connectivity index is 0.000000371. The highest BCUT2D eigenvalue weighted by atomic mass is 32.1. The molecule has 0 amide bonds. The molecule has 0 bridgehead atoms. The summed E-state index contributed by atoms with van der Waals surface area (Å²) in [6, 6.07) is 2.05. The van der Waals surface area contributed by atoms with Crippen LogP contribution in [-0.2, 0) is 6.54 Å². The molecule has 35 heavy (non-hydrogen) atoms. The summed E-state index contributed by atoms with van der Waals surface area (Å²) in [6.45, 7) is 5.05. The number of nitrogens with zero attached hydrogens (tertiary/aromatic N) is 6. The number of ether oxygens (including phenoxy) is 1. The predicted molar refractivity (Wildman–Crippen MR) is 143 cm³/mol. The number of aliphatic hydroxyl groups excluding tert-OH is 1. The lowest BCUT2D eigenvalue weighted by molar-refractivity contribution is 0.253. The summed E-state index contributed by atoms with van der Waals surface area (Å²) < 4.78 is 7.38. The lowest BCUT2D eigenvalue weighted by Gasteiger charge is -2.28. The number of anilines is 2. The molecule has 0 saturated carbocycles. The van der Waals surface area contributed by atoms with Crippen molar-refractivity contribution in [3.8, 4) is 5.75 Å². The van der Waals surface area contributed by atoms with Gasteiger partial charge in [-0.1, -0.05) is 13.3 Å². The molecule has 1 aliphatic heterocycles. The highest BCUT2D eigenvalue weighted by Crippen LogP contribution is 2.30. The number of rotatable bonds is 8. The van der Waals surface area contributed by atoms with E-state index in [0.717, 1.165) is 62.2 Å². The highest BCUT2D eigenvalue weighted by Gasteiger charge is 2.21. The van der Waals surface area contributed by atoms with Crippen molar-refractivity contribution < 1.29 is 9.84 Å². The summed E-state index contributed by atoms with van der Waals surface area (Å²) in [5.41, 5.74) is 15.0. The third kappa shape index (κ3) is 7.18. The second-order valence-corrected chi connectivity index (χ2v) is 9.69. The lowest BCUT2D eigenvalue weighted by Crippen LogP contribution is -2.29. The van der Waals surface area contributed by atoms with Crippen molar-refractivity contribution in [2.45, 2.75) is 56.7 Å². The van der Waals surface area contributed by atoms with Gasteiger partial charge in [0.15, 0.2) is 5.82 Å². The number of nitrogens with two attached hydrogens (primary N) is 2. The Hall–Kier alpha value is -2.63. The molecule has 0 spiro atoms. The van der Waals surface area contributed by atoms with Crippen LogP contribution in [0.2, 0.25) is 0 Å². The summed E-state index contributed by atoms with van der Waals surface area (Å²) >= 11 is 4.23. The minimum absolute atomic E-state index is 0.140. The number of pyridine rings is 1. The Kier molecular flexibility index (Phi) is 9.93. The van der Waals surface area contributed by atoms with E-state index in [-0.39, 0.29) is 12.6 Å². The van der Waals surface area contributed by atoms with E-state index in [1.807, 2.05) is 6.20 Å². The standard InChI is InChI=1S/C18H24N8O.C6H14OS/c1-25-5-3-11(4-6-25)13-7-15(27-2)12(8-21-13)10-26-16-14(9-22-26)23-18(20)24-17(16)19;1-2-3-6(8)4-5-7/h7-9,11H,3-6,10H2,1-2H3,(H4,19,20,23,24);6-8H,2-5H2,1H3. The van der Waals surface area contributed by atoms with E-state index in [2.05, 4.69) is 52.6 Å². The van der Waals surface area contributed by atoms with Gasteiger partial charge in [0.1, 0.15) is 16.8 Å². The van der Waals surface area contributed by atoms with E-state index in [9.17, 15) is 0 Å². The molecule has 1 unspecified atom stereocenters. The first-order valence-electron chi connectivity index (χ1n) is 12.1. The van der Waals surface area contributed by atoms with E-state index in [1.54, 1.807) is 18.0 Å². The fraction of sp³-hybridized carbons (Fsp3) is 0.583. The Bertz CT molecular complexity index is 1080. The molecule has 1 saturated heterocycles. The number of fused-ring (bicyclic) bond motifs is 1. The number of likely N-dealkylation sites (tertiary alicyclic amines) is 1. The predicted octanol–water partition coefficient (Wildman–Crippen LogP) is 2.72. The van der Waals surface area contributed by atoms with Gasteiger partial charge in [-0.25, -0.2) is 4.98 Å². The van der Waals surface area contributed by atoms with E-state index in [0.29, 0.717) is 34.6 Å². The third-order valence-corrected chi connectivity index (χ3v) is 6.78. The molecule has 3 aromatic rings. The van der Waals surface area contributed by atoms with Gasteiger partial charge in [0.2, 0.25) is 5.95 Å². The monoisotopic (exact) mass is 502 g/mol. The zero-order chi connectivity index (χ0) is 25.4. The van der Waals surface area contributed by atoms with Crippen LogP contribution >= 0.6 is 12.6 Å². The SMILES string of the molecule is CCCC(S)CCO.COc1cc(C2CCN(C)CC2)ncc1Cn1ncc2nc(N)nc(N)c21. The number of aliphatic hydroxyl groups is 1. The van der Waals surface area contributed by atoms with Gasteiger partial charge in [0, 0.05) is 41.3 Å². The minimum atomic E-state index is 0.140. The molecule has 1 atom stereocenters. The smallest absolute Gasteiger partial charge is 0.222 e. The zero-order valence-corrected chi connectivity index (χ0v) is 21.8. The third-order valence-electron chi connectivity index (χ3n) is 6.26. The van der Waals surface area contributed by atoms with Crippen LogP contribution in [0.3, 0.4) is 0 Å². The maximum atomic E-state index is 8.41. The van der Waals surface area contributed by atoms with Crippen molar-refractivity contribution in [1.82, 2.24) is 29.6 Å². The van der Waals surface area contributed by atoms with Gasteiger partial charge < -0.3 is 26.2 Å². The van der Waals surface area contributed by atoms with Gasteiger partial charge in [0.05, 0.1) is 19.9 Å². The summed E-state index contributed by atoms with van der Waals surface area (Å²) in [7, 11) is 3.83. The molecule has 1 aliphatic rings. The molecule has 0 aromatic carbocycles. The summed E-state index contributed by atoms with van der Waals surface area (Å²) in [4.78, 5) is 15.3. The molecule has 4 heterocycles. The van der Waals surface area contributed by atoms with E-state index in [4.69, 9.17) is 26.3 Å². The van der Waals surface area contributed by atoms with Gasteiger partial charge in [-0.3, -0.25) is 9.67 Å². The molecule has 4 rings (SSSR count). The molecular formula is C24H38N8O2S. The van der Waals surface area contributed by atoms with Gasteiger partial charge in [0.25, 0.3) is 0 Å². The van der Waals surface area contributed by atoms with Gasteiger partial charge >= 0.3 is 0 Å². The molecular weight excluding hydrogens is 464 g/mol. The summed E-state index contributed by atoms with van der Waals surface area (Å²) in [6.07, 6.45) is 8.84. The van der Waals surface area contributed by atoms with Gasteiger partial charge in [-0.2, -0.15) is 22.7 Å². The van der Waals surface area contributed by atoms with Crippen molar-refractivity contribution in [2.24, 2.45) is 0 Å². The van der Waals surface area contributed by atoms with E-state index < -0.39 is 0 Å².